The summed E-state index contributed by atoms with van der Waals surface area (Å²) in [6, 6.07) is 4.75. The van der Waals surface area contributed by atoms with Crippen LogP contribution in [0.5, 0.6) is 0 Å². The first kappa shape index (κ1) is 8.09. The normalized spacial score (nSPS) is 24.8. The number of hydrogen-bond acceptors (Lipinski definition) is 3. The van der Waals surface area contributed by atoms with Gasteiger partial charge in [0.05, 0.1) is 5.69 Å². The van der Waals surface area contributed by atoms with E-state index in [0.29, 0.717) is 6.04 Å². The van der Waals surface area contributed by atoms with Crippen LogP contribution in [0, 0.1) is 12.8 Å². The third-order valence-electron chi connectivity index (χ3n) is 3.06. The van der Waals surface area contributed by atoms with E-state index in [-0.39, 0.29) is 0 Å². The fourth-order valence-corrected chi connectivity index (χ4v) is 2.04. The maximum atomic E-state index is 4.50. The van der Waals surface area contributed by atoms with Crippen LogP contribution in [-0.4, -0.2) is 17.6 Å². The molecule has 2 heterocycles. The fourth-order valence-electron chi connectivity index (χ4n) is 2.04. The first-order valence-electron chi connectivity index (χ1n) is 5.31. The van der Waals surface area contributed by atoms with Crippen LogP contribution in [0.1, 0.15) is 18.5 Å². The van der Waals surface area contributed by atoms with Crippen LogP contribution in [0.15, 0.2) is 12.1 Å². The molecule has 3 rings (SSSR count). The Labute approximate surface area is 83.9 Å². The molecule has 0 radical (unpaired) electrons. The summed E-state index contributed by atoms with van der Waals surface area (Å²) in [7, 11) is 0. The molecule has 1 aromatic rings. The van der Waals surface area contributed by atoms with E-state index in [1.54, 1.807) is 0 Å². The van der Waals surface area contributed by atoms with Crippen LogP contribution in [-0.2, 0) is 0 Å². The molecular weight excluding hydrogens is 174 g/mol. The van der Waals surface area contributed by atoms with Gasteiger partial charge in [-0.25, -0.2) is 4.98 Å². The molecule has 1 aliphatic carbocycles. The average molecular weight is 189 g/mol. The summed E-state index contributed by atoms with van der Waals surface area (Å²) in [4.78, 5) is 4.50. The average Bonchev–Trinajstić information content (AvgIpc) is 3.00. The van der Waals surface area contributed by atoms with E-state index in [2.05, 4.69) is 21.7 Å². The summed E-state index contributed by atoms with van der Waals surface area (Å²) in [5.41, 5.74) is 2.22. The third-order valence-corrected chi connectivity index (χ3v) is 3.06. The number of aromatic nitrogens is 1. The van der Waals surface area contributed by atoms with Gasteiger partial charge in [-0.15, -0.1) is 0 Å². The van der Waals surface area contributed by atoms with E-state index >= 15 is 0 Å². The maximum absolute atomic E-state index is 4.50. The van der Waals surface area contributed by atoms with E-state index in [1.807, 2.05) is 13.0 Å². The lowest BCUT2D eigenvalue weighted by Crippen LogP contribution is -2.35. The van der Waals surface area contributed by atoms with Crippen molar-refractivity contribution in [3.63, 3.8) is 0 Å². The molecule has 0 amide bonds. The van der Waals surface area contributed by atoms with Crippen molar-refractivity contribution in [2.75, 3.05) is 17.2 Å². The maximum Gasteiger partial charge on any atom is 0.149 e. The zero-order chi connectivity index (χ0) is 9.54. The van der Waals surface area contributed by atoms with Gasteiger partial charge in [-0.1, -0.05) is 0 Å². The molecule has 2 aliphatic rings. The molecule has 0 aromatic carbocycles. The molecule has 1 atom stereocenters. The molecule has 0 bridgehead atoms. The van der Waals surface area contributed by atoms with Gasteiger partial charge in [-0.3, -0.25) is 0 Å². The molecule has 0 spiro atoms. The standard InChI is InChI=1S/C11H15N3/c1-7-2-5-9-11(13-7)14-10(6-12-9)8-3-4-8/h2,5,8,10,12H,3-4,6H2,1H3,(H,13,14). The highest BCUT2D eigenvalue weighted by molar-refractivity contribution is 5.67. The summed E-state index contributed by atoms with van der Waals surface area (Å²) < 4.78 is 0. The molecule has 1 aromatic heterocycles. The quantitative estimate of drug-likeness (QED) is 0.709. The molecule has 14 heavy (non-hydrogen) atoms. The minimum absolute atomic E-state index is 0.594. The van der Waals surface area contributed by atoms with E-state index in [4.69, 9.17) is 0 Å². The zero-order valence-electron chi connectivity index (χ0n) is 8.38. The minimum atomic E-state index is 0.594. The topological polar surface area (TPSA) is 37.0 Å². The number of fused-ring (bicyclic) bond motifs is 1. The third kappa shape index (κ3) is 1.33. The number of hydrogen-bond donors (Lipinski definition) is 2. The van der Waals surface area contributed by atoms with Gasteiger partial charge < -0.3 is 10.6 Å². The smallest absolute Gasteiger partial charge is 0.149 e. The van der Waals surface area contributed by atoms with Crippen molar-refractivity contribution in [3.05, 3.63) is 17.8 Å². The molecule has 3 nitrogen and oxygen atoms in total. The largest absolute Gasteiger partial charge is 0.380 e. The van der Waals surface area contributed by atoms with Crippen molar-refractivity contribution in [1.29, 1.82) is 0 Å². The van der Waals surface area contributed by atoms with E-state index in [1.165, 1.54) is 12.8 Å². The van der Waals surface area contributed by atoms with Gasteiger partial charge in [0, 0.05) is 18.3 Å². The first-order valence-corrected chi connectivity index (χ1v) is 5.31. The fraction of sp³-hybridized carbons (Fsp3) is 0.545. The Morgan fingerprint density at radius 3 is 3.00 bits per heavy atom. The molecule has 3 heteroatoms. The number of rotatable bonds is 1. The van der Waals surface area contributed by atoms with Gasteiger partial charge in [0.2, 0.25) is 0 Å². The Bertz CT molecular complexity index is 358. The predicted molar refractivity (Wildman–Crippen MR) is 57.6 cm³/mol. The molecule has 2 N–H and O–H groups in total. The summed E-state index contributed by atoms with van der Waals surface area (Å²) in [6.45, 7) is 3.07. The van der Waals surface area contributed by atoms with Crippen molar-refractivity contribution in [2.24, 2.45) is 5.92 Å². The van der Waals surface area contributed by atoms with E-state index in [9.17, 15) is 0 Å². The van der Waals surface area contributed by atoms with Crippen molar-refractivity contribution in [3.8, 4) is 0 Å². The Hall–Kier alpha value is -1.25. The van der Waals surface area contributed by atoms with Crippen molar-refractivity contribution < 1.29 is 0 Å². The van der Waals surface area contributed by atoms with Crippen molar-refractivity contribution in [1.82, 2.24) is 4.98 Å². The Kier molecular flexibility index (Phi) is 1.66. The van der Waals surface area contributed by atoms with Crippen LogP contribution in [0.25, 0.3) is 0 Å². The van der Waals surface area contributed by atoms with Gasteiger partial charge in [-0.05, 0) is 37.8 Å². The molecule has 1 saturated carbocycles. The zero-order valence-corrected chi connectivity index (χ0v) is 8.38. The second kappa shape index (κ2) is 2.87. The van der Waals surface area contributed by atoms with Crippen molar-refractivity contribution >= 4 is 11.5 Å². The molecule has 1 unspecified atom stereocenters. The molecule has 74 valence electrons. The first-order chi connectivity index (χ1) is 6.83. The predicted octanol–water partition coefficient (Wildman–Crippen LogP) is 2.01. The van der Waals surface area contributed by atoms with E-state index in [0.717, 1.165) is 29.7 Å². The molecule has 1 aliphatic heterocycles. The van der Waals surface area contributed by atoms with Gasteiger partial charge in [0.15, 0.2) is 0 Å². The van der Waals surface area contributed by atoms with E-state index < -0.39 is 0 Å². The molecule has 1 fully saturated rings. The van der Waals surface area contributed by atoms with Crippen LogP contribution < -0.4 is 10.6 Å². The number of pyridine rings is 1. The highest BCUT2D eigenvalue weighted by Crippen LogP contribution is 2.37. The van der Waals surface area contributed by atoms with Crippen LogP contribution >= 0.6 is 0 Å². The van der Waals surface area contributed by atoms with Gasteiger partial charge in [-0.2, -0.15) is 0 Å². The highest BCUT2D eigenvalue weighted by Gasteiger charge is 2.33. The van der Waals surface area contributed by atoms with Crippen LogP contribution in [0.2, 0.25) is 0 Å². The number of anilines is 2. The lowest BCUT2D eigenvalue weighted by Gasteiger charge is -2.27. The summed E-state index contributed by atoms with van der Waals surface area (Å²) in [6.07, 6.45) is 2.75. The Balaban J connectivity index is 1.88. The minimum Gasteiger partial charge on any atom is -0.380 e. The molecule has 0 saturated heterocycles. The SMILES string of the molecule is Cc1ccc2c(n1)NC(C1CC1)CN2. The summed E-state index contributed by atoms with van der Waals surface area (Å²) in [5, 5.41) is 6.96. The van der Waals surface area contributed by atoms with Crippen LogP contribution in [0.3, 0.4) is 0 Å². The highest BCUT2D eigenvalue weighted by atomic mass is 15.1. The monoisotopic (exact) mass is 189 g/mol. The number of aryl methyl sites for hydroxylation is 1. The van der Waals surface area contributed by atoms with Gasteiger partial charge in [0.25, 0.3) is 0 Å². The van der Waals surface area contributed by atoms with Crippen molar-refractivity contribution in [2.45, 2.75) is 25.8 Å². The number of nitrogens with one attached hydrogen (secondary N) is 2. The lowest BCUT2D eigenvalue weighted by molar-refractivity contribution is 0.649. The van der Waals surface area contributed by atoms with Crippen LogP contribution in [0.4, 0.5) is 11.5 Å². The Morgan fingerprint density at radius 2 is 2.21 bits per heavy atom. The molecular formula is C11H15N3. The van der Waals surface area contributed by atoms with Gasteiger partial charge in [0.1, 0.15) is 5.82 Å². The number of nitrogens with zero attached hydrogens (tertiary/aromatic N) is 1. The van der Waals surface area contributed by atoms with Gasteiger partial charge >= 0.3 is 0 Å². The second-order valence-electron chi connectivity index (χ2n) is 4.32. The Morgan fingerprint density at radius 1 is 1.36 bits per heavy atom. The summed E-state index contributed by atoms with van der Waals surface area (Å²) >= 11 is 0. The lowest BCUT2D eigenvalue weighted by atomic mass is 10.1. The summed E-state index contributed by atoms with van der Waals surface area (Å²) in [5.74, 6) is 1.91. The second-order valence-corrected chi connectivity index (χ2v) is 4.32.